The number of hydrogen-bond acceptors (Lipinski definition) is 4. The van der Waals surface area contributed by atoms with Gasteiger partial charge < -0.3 is 10.4 Å². The van der Waals surface area contributed by atoms with Gasteiger partial charge in [0.2, 0.25) is 0 Å². The van der Waals surface area contributed by atoms with Gasteiger partial charge in [-0.15, -0.1) is 5.73 Å². The summed E-state index contributed by atoms with van der Waals surface area (Å²) in [6, 6.07) is 0. The van der Waals surface area contributed by atoms with Gasteiger partial charge in [-0.05, 0) is 92.2 Å². The first kappa shape index (κ1) is 18.7. The van der Waals surface area contributed by atoms with E-state index in [2.05, 4.69) is 61.1 Å². The predicted octanol–water partition coefficient (Wildman–Crippen LogP) is 4.52. The fourth-order valence-electron chi connectivity index (χ4n) is 4.58. The second-order valence-electron chi connectivity index (χ2n) is 9.91. The van der Waals surface area contributed by atoms with Crippen LogP contribution in [0.1, 0.15) is 81.1 Å². The summed E-state index contributed by atoms with van der Waals surface area (Å²) in [7, 11) is 0. The Morgan fingerprint density at radius 1 is 0.609 bits per heavy atom. The molecule has 0 aromatic heterocycles. The predicted molar refractivity (Wildman–Crippen MR) is 92.6 cm³/mol. The summed E-state index contributed by atoms with van der Waals surface area (Å²) < 4.78 is 0. The zero-order valence-corrected chi connectivity index (χ0v) is 16.1. The van der Waals surface area contributed by atoms with E-state index in [1.165, 1.54) is 21.3 Å². The maximum Gasteiger partial charge on any atom is 0.0453 e. The normalized spacial score (nSPS) is 30.2. The lowest BCUT2D eigenvalue weighted by molar-refractivity contribution is -0.233. The minimum absolute atomic E-state index is 0.284. The molecular weight excluding hydrogens is 288 g/mol. The van der Waals surface area contributed by atoms with E-state index in [1.807, 2.05) is 0 Å². The Hall–Kier alpha value is -0.640. The number of nitrogens with zero attached hydrogens (tertiary/aromatic N) is 2. The second-order valence-corrected chi connectivity index (χ2v) is 9.91. The summed E-state index contributed by atoms with van der Waals surface area (Å²) in [4.78, 5) is 0. The highest BCUT2D eigenvalue weighted by Gasteiger charge is 2.45. The number of rotatable bonds is 0. The average Bonchev–Trinajstić information content (AvgIpc) is 2.31. The van der Waals surface area contributed by atoms with Gasteiger partial charge in [0.15, 0.2) is 0 Å². The molecule has 4 heteroatoms. The van der Waals surface area contributed by atoms with Gasteiger partial charge in [0.25, 0.3) is 0 Å². The van der Waals surface area contributed by atoms with Crippen molar-refractivity contribution in [3.63, 3.8) is 0 Å². The maximum absolute atomic E-state index is 10.4. The molecule has 2 N–H and O–H groups in total. The van der Waals surface area contributed by atoms with Crippen LogP contribution in [0.15, 0.2) is 16.9 Å². The van der Waals surface area contributed by atoms with Crippen LogP contribution in [0.4, 0.5) is 0 Å². The lowest BCUT2D eigenvalue weighted by Gasteiger charge is -2.50. The first-order valence-corrected chi connectivity index (χ1v) is 8.62. The quantitative estimate of drug-likeness (QED) is 0.644. The van der Waals surface area contributed by atoms with Crippen molar-refractivity contribution in [2.45, 2.75) is 103 Å². The standard InChI is InChI=1S/C19H34N2O2/c1-16(2)10-14(11-17(3,4)20(16)22)9-15-12-18(5,6)21(23)19(7,8)13-15/h22-23H,10-13H2,1-8H3. The Bertz CT molecular complexity index is 466. The molecule has 2 aliphatic heterocycles. The van der Waals surface area contributed by atoms with Crippen LogP contribution in [0.3, 0.4) is 0 Å². The summed E-state index contributed by atoms with van der Waals surface area (Å²) in [6.45, 7) is 16.6. The van der Waals surface area contributed by atoms with Crippen LogP contribution < -0.4 is 0 Å². The molecule has 4 nitrogen and oxygen atoms in total. The molecular formula is C19H34N2O2. The van der Waals surface area contributed by atoms with Crippen LogP contribution >= 0.6 is 0 Å². The van der Waals surface area contributed by atoms with E-state index in [0.717, 1.165) is 25.7 Å². The molecule has 2 fully saturated rings. The molecule has 0 radical (unpaired) electrons. The molecule has 0 amide bonds. The van der Waals surface area contributed by atoms with Gasteiger partial charge in [-0.1, -0.05) is 0 Å². The van der Waals surface area contributed by atoms with E-state index in [0.29, 0.717) is 0 Å². The van der Waals surface area contributed by atoms with Gasteiger partial charge >= 0.3 is 0 Å². The summed E-state index contributed by atoms with van der Waals surface area (Å²) in [5.74, 6) is 0. The maximum atomic E-state index is 10.4. The molecule has 2 aliphatic rings. The Morgan fingerprint density at radius 3 is 1.04 bits per heavy atom. The Morgan fingerprint density at radius 2 is 0.826 bits per heavy atom. The molecule has 2 heterocycles. The van der Waals surface area contributed by atoms with Gasteiger partial charge in [-0.3, -0.25) is 0 Å². The molecule has 23 heavy (non-hydrogen) atoms. The highest BCUT2D eigenvalue weighted by atomic mass is 16.5. The Balaban J connectivity index is 2.41. The van der Waals surface area contributed by atoms with Crippen molar-refractivity contribution >= 4 is 0 Å². The molecule has 0 aromatic rings. The third-order valence-electron chi connectivity index (χ3n) is 5.23. The minimum Gasteiger partial charge on any atom is -0.313 e. The van der Waals surface area contributed by atoms with Crippen molar-refractivity contribution in [3.8, 4) is 0 Å². The third-order valence-corrected chi connectivity index (χ3v) is 5.23. The largest absolute Gasteiger partial charge is 0.313 e. The Labute approximate surface area is 141 Å². The molecule has 2 rings (SSSR count). The monoisotopic (exact) mass is 322 g/mol. The van der Waals surface area contributed by atoms with Crippen molar-refractivity contribution in [3.05, 3.63) is 16.9 Å². The van der Waals surface area contributed by atoms with E-state index in [9.17, 15) is 10.4 Å². The molecule has 0 aliphatic carbocycles. The molecule has 132 valence electrons. The lowest BCUT2D eigenvalue weighted by atomic mass is 9.76. The highest BCUT2D eigenvalue weighted by Crippen LogP contribution is 2.42. The second kappa shape index (κ2) is 5.44. The first-order chi connectivity index (χ1) is 10.2. The number of piperidine rings is 2. The van der Waals surface area contributed by atoms with E-state index in [4.69, 9.17) is 0 Å². The smallest absolute Gasteiger partial charge is 0.0453 e. The molecule has 0 atom stereocenters. The highest BCUT2D eigenvalue weighted by molar-refractivity contribution is 5.22. The molecule has 0 aromatic carbocycles. The van der Waals surface area contributed by atoms with Gasteiger partial charge in [-0.25, -0.2) is 0 Å². The van der Waals surface area contributed by atoms with Crippen LogP contribution in [-0.4, -0.2) is 42.7 Å². The number of hydrogen-bond donors (Lipinski definition) is 2. The molecule has 0 spiro atoms. The molecule has 0 bridgehead atoms. The van der Waals surface area contributed by atoms with Crippen molar-refractivity contribution < 1.29 is 10.4 Å². The van der Waals surface area contributed by atoms with E-state index in [-0.39, 0.29) is 22.2 Å². The van der Waals surface area contributed by atoms with Crippen molar-refractivity contribution in [2.75, 3.05) is 0 Å². The topological polar surface area (TPSA) is 46.9 Å². The lowest BCUT2D eigenvalue weighted by Crippen LogP contribution is -2.57. The molecule has 2 saturated heterocycles. The molecule has 0 saturated carbocycles. The van der Waals surface area contributed by atoms with Crippen LogP contribution in [0, 0.1) is 0 Å². The van der Waals surface area contributed by atoms with Crippen LogP contribution in [0.25, 0.3) is 0 Å². The minimum atomic E-state index is -0.284. The van der Waals surface area contributed by atoms with Crippen LogP contribution in [0.5, 0.6) is 0 Å². The van der Waals surface area contributed by atoms with Crippen molar-refractivity contribution in [1.82, 2.24) is 10.1 Å². The summed E-state index contributed by atoms with van der Waals surface area (Å²) in [6.07, 6.45) is 3.28. The fraction of sp³-hybridized carbons (Fsp3) is 0.842. The SMILES string of the molecule is CC1(C)CC(=C=C2CC(C)(C)N(O)C(C)(C)C2)CC(C)(C)N1O. The third kappa shape index (κ3) is 3.57. The average molecular weight is 322 g/mol. The van der Waals surface area contributed by atoms with E-state index in [1.54, 1.807) is 0 Å². The Kier molecular flexibility index (Phi) is 4.42. The van der Waals surface area contributed by atoms with E-state index < -0.39 is 0 Å². The summed E-state index contributed by atoms with van der Waals surface area (Å²) in [5.41, 5.74) is 5.09. The zero-order chi connectivity index (χ0) is 17.8. The van der Waals surface area contributed by atoms with Gasteiger partial charge in [0.1, 0.15) is 0 Å². The van der Waals surface area contributed by atoms with Gasteiger partial charge in [0.05, 0.1) is 0 Å². The van der Waals surface area contributed by atoms with Gasteiger partial charge in [-0.2, -0.15) is 10.1 Å². The first-order valence-electron chi connectivity index (χ1n) is 8.62. The summed E-state index contributed by atoms with van der Waals surface area (Å²) >= 11 is 0. The number of hydroxylamine groups is 4. The van der Waals surface area contributed by atoms with E-state index >= 15 is 0 Å². The zero-order valence-electron chi connectivity index (χ0n) is 16.1. The van der Waals surface area contributed by atoms with Crippen LogP contribution in [0.2, 0.25) is 0 Å². The van der Waals surface area contributed by atoms with Crippen molar-refractivity contribution in [2.24, 2.45) is 0 Å². The summed E-state index contributed by atoms with van der Waals surface area (Å²) in [5, 5.41) is 23.9. The molecule has 0 unspecified atom stereocenters. The van der Waals surface area contributed by atoms with Crippen LogP contribution in [-0.2, 0) is 0 Å². The van der Waals surface area contributed by atoms with Gasteiger partial charge in [0, 0.05) is 22.2 Å². The fourth-order valence-corrected chi connectivity index (χ4v) is 4.58. The van der Waals surface area contributed by atoms with Crippen molar-refractivity contribution in [1.29, 1.82) is 0 Å².